The number of unbranched alkanes of at least 4 members (excludes halogenated alkanes) is 36. The summed E-state index contributed by atoms with van der Waals surface area (Å²) in [5.41, 5.74) is 0. The quantitative estimate of drug-likeness (QED) is 0.0244. The highest BCUT2D eigenvalue weighted by atomic mass is 16.5. The molecule has 0 aromatic heterocycles. The van der Waals surface area contributed by atoms with E-state index in [1.807, 2.05) is 6.08 Å². The largest absolute Gasteiger partial charge is 0.466 e. The fourth-order valence-corrected chi connectivity index (χ4v) is 8.70. The molecule has 0 bridgehead atoms. The summed E-state index contributed by atoms with van der Waals surface area (Å²) in [6.45, 7) is 4.80. The second kappa shape index (κ2) is 57.1. The Kier molecular flexibility index (Phi) is 55.1. The zero-order valence-electron chi connectivity index (χ0n) is 45.1. The maximum atomic E-state index is 12.5. The Morgan fingerprint density at radius 1 is 0.426 bits per heavy atom. The number of carbonyl (C=O) groups is 2. The molecule has 6 nitrogen and oxygen atoms in total. The Bertz CT molecular complexity index is 1190. The van der Waals surface area contributed by atoms with Crippen LogP contribution in [0.4, 0.5) is 0 Å². The highest BCUT2D eigenvalue weighted by Gasteiger charge is 2.18. The number of aliphatic hydroxyl groups excluding tert-OH is 2. The molecule has 68 heavy (non-hydrogen) atoms. The van der Waals surface area contributed by atoms with Gasteiger partial charge >= 0.3 is 5.97 Å². The van der Waals surface area contributed by atoms with Crippen LogP contribution in [0.15, 0.2) is 60.8 Å². The van der Waals surface area contributed by atoms with Crippen molar-refractivity contribution in [3.63, 3.8) is 0 Å². The number of allylic oxidation sites excluding steroid dienone is 9. The molecule has 0 aliphatic heterocycles. The van der Waals surface area contributed by atoms with E-state index in [9.17, 15) is 19.8 Å². The van der Waals surface area contributed by atoms with Crippen molar-refractivity contribution >= 4 is 11.9 Å². The van der Waals surface area contributed by atoms with Gasteiger partial charge in [0.25, 0.3) is 0 Å². The van der Waals surface area contributed by atoms with Crippen LogP contribution in [0.2, 0.25) is 0 Å². The maximum absolute atomic E-state index is 12.5. The smallest absolute Gasteiger partial charge is 0.305 e. The number of rotatable bonds is 54. The molecule has 2 atom stereocenters. The van der Waals surface area contributed by atoms with Crippen molar-refractivity contribution in [2.75, 3.05) is 13.2 Å². The van der Waals surface area contributed by atoms with E-state index in [1.54, 1.807) is 6.08 Å². The zero-order valence-corrected chi connectivity index (χ0v) is 45.1. The first-order chi connectivity index (χ1) is 33.5. The van der Waals surface area contributed by atoms with Gasteiger partial charge in [-0.3, -0.25) is 9.59 Å². The first-order valence-electron chi connectivity index (χ1n) is 29.6. The fraction of sp³-hybridized carbons (Fsp3) is 0.806. The number of hydrogen-bond acceptors (Lipinski definition) is 5. The molecule has 0 aliphatic rings. The Morgan fingerprint density at radius 2 is 0.794 bits per heavy atom. The third-order valence-electron chi connectivity index (χ3n) is 13.3. The average Bonchev–Trinajstić information content (AvgIpc) is 3.34. The molecule has 0 saturated carbocycles. The molecule has 6 heteroatoms. The van der Waals surface area contributed by atoms with Crippen molar-refractivity contribution in [3.8, 4) is 0 Å². The number of amides is 1. The number of hydrogen-bond donors (Lipinski definition) is 3. The second-order valence-corrected chi connectivity index (χ2v) is 20.0. The van der Waals surface area contributed by atoms with Crippen molar-refractivity contribution in [3.05, 3.63) is 60.8 Å². The summed E-state index contributed by atoms with van der Waals surface area (Å²) in [6.07, 6.45) is 73.9. The number of aliphatic hydroxyl groups is 2. The Hall–Kier alpha value is -2.44. The number of carbonyl (C=O) groups excluding carboxylic acids is 2. The van der Waals surface area contributed by atoms with Crippen LogP contribution in [0, 0.1) is 0 Å². The van der Waals surface area contributed by atoms with E-state index in [0.29, 0.717) is 19.4 Å². The van der Waals surface area contributed by atoms with E-state index in [2.05, 4.69) is 67.8 Å². The molecule has 3 N–H and O–H groups in total. The van der Waals surface area contributed by atoms with Gasteiger partial charge < -0.3 is 20.3 Å². The minimum Gasteiger partial charge on any atom is -0.466 e. The van der Waals surface area contributed by atoms with Crippen LogP contribution in [0.3, 0.4) is 0 Å². The first-order valence-corrected chi connectivity index (χ1v) is 29.6. The standard InChI is InChI=1S/C62H113NO5/c1-3-5-7-9-11-13-15-17-19-20-21-22-23-24-25-27-30-34-38-42-46-50-54-60(65)59(58-64)63-61(66)55-51-47-43-39-35-31-28-26-29-33-37-41-45-49-53-57-68-62(67)56-52-48-44-40-36-32-18-16-14-12-10-8-6-4-2/h10,12,16,18,26,29,33,37,50,54,59-60,64-65H,3-9,11,13-15,17,19-25,27-28,30-32,34-36,38-49,51-53,55-58H2,1-2H3,(H,63,66)/b12-10-,18-16-,29-26-,37-33-,54-50+. The van der Waals surface area contributed by atoms with Gasteiger partial charge in [-0.2, -0.15) is 0 Å². The van der Waals surface area contributed by atoms with Crippen molar-refractivity contribution in [1.29, 1.82) is 0 Å². The van der Waals surface area contributed by atoms with Crippen LogP contribution in [0.25, 0.3) is 0 Å². The predicted molar refractivity (Wildman–Crippen MR) is 296 cm³/mol. The molecule has 0 aromatic rings. The summed E-state index contributed by atoms with van der Waals surface area (Å²) in [4.78, 5) is 24.5. The molecule has 0 aromatic carbocycles. The van der Waals surface area contributed by atoms with Gasteiger partial charge in [0.2, 0.25) is 5.91 Å². The molecular weight excluding hydrogens is 839 g/mol. The molecule has 0 heterocycles. The fourth-order valence-electron chi connectivity index (χ4n) is 8.70. The van der Waals surface area contributed by atoms with E-state index < -0.39 is 12.1 Å². The molecule has 1 amide bonds. The highest BCUT2D eigenvalue weighted by molar-refractivity contribution is 5.76. The topological polar surface area (TPSA) is 95.9 Å². The van der Waals surface area contributed by atoms with Crippen LogP contribution >= 0.6 is 0 Å². The number of ether oxygens (including phenoxy) is 1. The zero-order chi connectivity index (χ0) is 49.3. The van der Waals surface area contributed by atoms with E-state index >= 15 is 0 Å². The number of esters is 1. The van der Waals surface area contributed by atoms with Crippen LogP contribution in [-0.4, -0.2) is 47.4 Å². The Labute approximate surface area is 422 Å². The van der Waals surface area contributed by atoms with Crippen molar-refractivity contribution in [2.24, 2.45) is 0 Å². The lowest BCUT2D eigenvalue weighted by molar-refractivity contribution is -0.143. The van der Waals surface area contributed by atoms with Gasteiger partial charge in [-0.15, -0.1) is 0 Å². The lowest BCUT2D eigenvalue weighted by Gasteiger charge is -2.20. The predicted octanol–water partition coefficient (Wildman–Crippen LogP) is 18.4. The Morgan fingerprint density at radius 3 is 1.25 bits per heavy atom. The van der Waals surface area contributed by atoms with Crippen LogP contribution in [0.1, 0.15) is 296 Å². The summed E-state index contributed by atoms with van der Waals surface area (Å²) in [6, 6.07) is -0.647. The van der Waals surface area contributed by atoms with Crippen molar-refractivity contribution in [2.45, 2.75) is 309 Å². The SMILES string of the molecule is CCCC/C=C\C/C=C\CCCCCCCC(=O)OCCCCC/C=C\C=C/CCCCCCCCC(=O)NC(CO)C(O)/C=C/CCCCCCCCCCCCCCCCCCCCCC. The summed E-state index contributed by atoms with van der Waals surface area (Å²) < 4.78 is 5.43. The molecule has 0 fully saturated rings. The normalized spacial score (nSPS) is 13.1. The van der Waals surface area contributed by atoms with Gasteiger partial charge in [0.05, 0.1) is 25.4 Å². The molecule has 0 radical (unpaired) electrons. The molecule has 0 spiro atoms. The maximum Gasteiger partial charge on any atom is 0.305 e. The third kappa shape index (κ3) is 52.9. The van der Waals surface area contributed by atoms with Crippen molar-refractivity contribution < 1.29 is 24.5 Å². The molecule has 396 valence electrons. The van der Waals surface area contributed by atoms with Crippen LogP contribution < -0.4 is 5.32 Å². The average molecular weight is 953 g/mol. The van der Waals surface area contributed by atoms with E-state index in [0.717, 1.165) is 89.9 Å². The summed E-state index contributed by atoms with van der Waals surface area (Å²) in [5.74, 6) is -0.128. The Balaban J connectivity index is 3.56. The van der Waals surface area contributed by atoms with Gasteiger partial charge in [0.1, 0.15) is 0 Å². The lowest BCUT2D eigenvalue weighted by Crippen LogP contribution is -2.45. The summed E-state index contributed by atoms with van der Waals surface area (Å²) in [5, 5.41) is 23.2. The number of nitrogens with one attached hydrogen (secondary N) is 1. The summed E-state index contributed by atoms with van der Waals surface area (Å²) >= 11 is 0. The van der Waals surface area contributed by atoms with E-state index in [1.165, 1.54) is 180 Å². The van der Waals surface area contributed by atoms with Gasteiger partial charge in [0, 0.05) is 12.8 Å². The van der Waals surface area contributed by atoms with Crippen LogP contribution in [0.5, 0.6) is 0 Å². The molecule has 2 unspecified atom stereocenters. The first kappa shape index (κ1) is 65.6. The highest BCUT2D eigenvalue weighted by Crippen LogP contribution is 2.16. The molecule has 0 saturated heterocycles. The molecular formula is C62H113NO5. The third-order valence-corrected chi connectivity index (χ3v) is 13.3. The van der Waals surface area contributed by atoms with Gasteiger partial charge in [0.15, 0.2) is 0 Å². The minimum absolute atomic E-state index is 0.0379. The van der Waals surface area contributed by atoms with Crippen LogP contribution in [-0.2, 0) is 14.3 Å². The monoisotopic (exact) mass is 952 g/mol. The van der Waals surface area contributed by atoms with Gasteiger partial charge in [-0.05, 0) is 89.9 Å². The molecule has 0 aliphatic carbocycles. The van der Waals surface area contributed by atoms with Crippen molar-refractivity contribution in [1.82, 2.24) is 5.32 Å². The van der Waals surface area contributed by atoms with Gasteiger partial charge in [-0.25, -0.2) is 0 Å². The van der Waals surface area contributed by atoms with E-state index in [4.69, 9.17) is 4.74 Å². The molecule has 0 rings (SSSR count). The van der Waals surface area contributed by atoms with E-state index in [-0.39, 0.29) is 18.5 Å². The minimum atomic E-state index is -0.862. The summed E-state index contributed by atoms with van der Waals surface area (Å²) in [7, 11) is 0. The lowest BCUT2D eigenvalue weighted by atomic mass is 10.0. The van der Waals surface area contributed by atoms with Gasteiger partial charge in [-0.1, -0.05) is 254 Å². The second-order valence-electron chi connectivity index (χ2n) is 20.0.